The van der Waals surface area contributed by atoms with E-state index in [1.54, 1.807) is 6.07 Å². The summed E-state index contributed by atoms with van der Waals surface area (Å²) in [6.45, 7) is 0. The van der Waals surface area contributed by atoms with Gasteiger partial charge >= 0.3 is 6.18 Å². The molecule has 0 spiro atoms. The van der Waals surface area contributed by atoms with Gasteiger partial charge in [0.25, 0.3) is 0 Å². The first-order valence-electron chi connectivity index (χ1n) is 8.31. The van der Waals surface area contributed by atoms with E-state index in [0.29, 0.717) is 18.4 Å². The van der Waals surface area contributed by atoms with Crippen LogP contribution in [0.15, 0.2) is 41.3 Å². The molecule has 1 N–H and O–H groups in total. The summed E-state index contributed by atoms with van der Waals surface area (Å²) in [5.41, 5.74) is -2.53. The van der Waals surface area contributed by atoms with Gasteiger partial charge in [0.15, 0.2) is 11.6 Å². The minimum Gasteiger partial charge on any atom is -0.359 e. The Hall–Kier alpha value is -3.21. The summed E-state index contributed by atoms with van der Waals surface area (Å²) in [6.07, 6.45) is -2.62. The Labute approximate surface area is 155 Å². The van der Waals surface area contributed by atoms with Crippen LogP contribution >= 0.6 is 0 Å². The number of fused-ring (bicyclic) bond motifs is 1. The van der Waals surface area contributed by atoms with Crippen LogP contribution in [0.2, 0.25) is 0 Å². The number of aromatic nitrogens is 1. The van der Waals surface area contributed by atoms with E-state index in [9.17, 15) is 26.7 Å². The first kappa shape index (κ1) is 18.2. The molecule has 0 saturated heterocycles. The molecule has 1 heterocycles. The van der Waals surface area contributed by atoms with E-state index in [-0.39, 0.29) is 22.0 Å². The van der Waals surface area contributed by atoms with Gasteiger partial charge in [0.1, 0.15) is 11.6 Å². The van der Waals surface area contributed by atoms with Gasteiger partial charge in [0.2, 0.25) is 5.43 Å². The van der Waals surface area contributed by atoms with Crippen molar-refractivity contribution in [1.29, 1.82) is 5.26 Å². The molecule has 1 aromatic heterocycles. The highest BCUT2D eigenvalue weighted by Crippen LogP contribution is 2.56. The summed E-state index contributed by atoms with van der Waals surface area (Å²) in [7, 11) is 0. The fourth-order valence-corrected chi connectivity index (χ4v) is 3.63. The lowest BCUT2D eigenvalue weighted by molar-refractivity contribution is -0.137. The number of alkyl halides is 3. The number of nitrogens with one attached hydrogen (secondary N) is 1. The molecule has 28 heavy (non-hydrogen) atoms. The number of H-pyrrole nitrogens is 1. The Morgan fingerprint density at radius 3 is 2.29 bits per heavy atom. The van der Waals surface area contributed by atoms with Crippen molar-refractivity contribution in [3.63, 3.8) is 0 Å². The van der Waals surface area contributed by atoms with Crippen LogP contribution in [0.4, 0.5) is 22.0 Å². The predicted octanol–water partition coefficient (Wildman–Crippen LogP) is 4.78. The zero-order valence-corrected chi connectivity index (χ0v) is 14.1. The molecule has 1 saturated carbocycles. The SMILES string of the molecule is N#Cc1c[nH]c2c(C3(c4ccc(C(F)(F)F)cc4)CC3)c(F)c(F)cc2c1=O. The molecular formula is C20H11F5N2O. The fourth-order valence-electron chi connectivity index (χ4n) is 3.63. The second-order valence-corrected chi connectivity index (χ2v) is 6.77. The molecule has 0 amide bonds. The number of hydrogen-bond donors (Lipinski definition) is 1. The van der Waals surface area contributed by atoms with Crippen molar-refractivity contribution < 1.29 is 22.0 Å². The number of aromatic amines is 1. The number of nitrogens with zero attached hydrogens (tertiary/aromatic N) is 1. The monoisotopic (exact) mass is 390 g/mol. The molecule has 1 aliphatic carbocycles. The first-order valence-corrected chi connectivity index (χ1v) is 8.31. The maximum absolute atomic E-state index is 14.8. The van der Waals surface area contributed by atoms with Gasteiger partial charge in [0, 0.05) is 17.2 Å². The Kier molecular flexibility index (Phi) is 3.82. The summed E-state index contributed by atoms with van der Waals surface area (Å²) >= 11 is 0. The topological polar surface area (TPSA) is 56.6 Å². The molecule has 0 aliphatic heterocycles. The number of nitriles is 1. The van der Waals surface area contributed by atoms with E-state index < -0.39 is 34.2 Å². The lowest BCUT2D eigenvalue weighted by atomic mass is 9.85. The molecule has 0 atom stereocenters. The summed E-state index contributed by atoms with van der Waals surface area (Å²) in [6, 6.07) is 6.69. The molecule has 0 radical (unpaired) electrons. The zero-order chi connectivity index (χ0) is 20.3. The van der Waals surface area contributed by atoms with Crippen molar-refractivity contribution in [2.24, 2.45) is 0 Å². The minimum atomic E-state index is -4.51. The van der Waals surface area contributed by atoms with E-state index in [4.69, 9.17) is 5.26 Å². The van der Waals surface area contributed by atoms with E-state index >= 15 is 0 Å². The second kappa shape index (κ2) is 5.89. The van der Waals surface area contributed by atoms with Crippen LogP contribution in [0.3, 0.4) is 0 Å². The summed E-state index contributed by atoms with van der Waals surface area (Å²) in [4.78, 5) is 15.0. The number of benzene rings is 2. The molecule has 3 aromatic rings. The largest absolute Gasteiger partial charge is 0.416 e. The van der Waals surface area contributed by atoms with Crippen molar-refractivity contribution in [3.05, 3.63) is 80.6 Å². The van der Waals surface area contributed by atoms with Crippen molar-refractivity contribution in [1.82, 2.24) is 4.98 Å². The average Bonchev–Trinajstić information content (AvgIpc) is 3.45. The van der Waals surface area contributed by atoms with Gasteiger partial charge in [-0.1, -0.05) is 12.1 Å². The maximum Gasteiger partial charge on any atom is 0.416 e. The van der Waals surface area contributed by atoms with Gasteiger partial charge in [-0.25, -0.2) is 8.78 Å². The van der Waals surface area contributed by atoms with E-state index in [2.05, 4.69) is 4.98 Å². The molecule has 1 fully saturated rings. The van der Waals surface area contributed by atoms with Crippen LogP contribution in [0, 0.1) is 23.0 Å². The molecule has 8 heteroatoms. The fraction of sp³-hybridized carbons (Fsp3) is 0.200. The molecule has 1 aliphatic rings. The summed E-state index contributed by atoms with van der Waals surface area (Å²) in [5, 5.41) is 8.81. The zero-order valence-electron chi connectivity index (χ0n) is 14.1. The van der Waals surface area contributed by atoms with E-state index in [1.807, 2.05) is 0 Å². The Balaban J connectivity index is 1.96. The van der Waals surface area contributed by atoms with Gasteiger partial charge in [-0.15, -0.1) is 0 Å². The molecule has 0 bridgehead atoms. The van der Waals surface area contributed by atoms with Gasteiger partial charge in [0.05, 0.1) is 16.5 Å². The Bertz CT molecular complexity index is 1200. The molecular weight excluding hydrogens is 379 g/mol. The minimum absolute atomic E-state index is 0.0419. The molecule has 142 valence electrons. The smallest absolute Gasteiger partial charge is 0.359 e. The third-order valence-corrected chi connectivity index (χ3v) is 5.18. The second-order valence-electron chi connectivity index (χ2n) is 6.77. The maximum atomic E-state index is 14.8. The van der Waals surface area contributed by atoms with Gasteiger partial charge in [-0.05, 0) is 36.6 Å². The molecule has 0 unspecified atom stereocenters. The molecule has 4 rings (SSSR count). The normalized spacial score (nSPS) is 15.4. The van der Waals surface area contributed by atoms with Crippen molar-refractivity contribution in [2.75, 3.05) is 0 Å². The van der Waals surface area contributed by atoms with Crippen LogP contribution in [-0.2, 0) is 11.6 Å². The van der Waals surface area contributed by atoms with Crippen LogP contribution < -0.4 is 5.43 Å². The number of pyridine rings is 1. The number of halogens is 5. The highest BCUT2D eigenvalue weighted by Gasteiger charge is 2.49. The van der Waals surface area contributed by atoms with Crippen molar-refractivity contribution in [3.8, 4) is 6.07 Å². The highest BCUT2D eigenvalue weighted by molar-refractivity contribution is 5.85. The van der Waals surface area contributed by atoms with E-state index in [0.717, 1.165) is 24.4 Å². The van der Waals surface area contributed by atoms with Crippen LogP contribution in [0.5, 0.6) is 0 Å². The quantitative estimate of drug-likeness (QED) is 0.641. The third kappa shape index (κ3) is 2.58. The van der Waals surface area contributed by atoms with E-state index in [1.165, 1.54) is 12.1 Å². The lowest BCUT2D eigenvalue weighted by Gasteiger charge is -2.20. The first-order chi connectivity index (χ1) is 13.2. The molecule has 3 nitrogen and oxygen atoms in total. The Morgan fingerprint density at radius 1 is 1.11 bits per heavy atom. The van der Waals surface area contributed by atoms with Gasteiger partial charge < -0.3 is 4.98 Å². The van der Waals surface area contributed by atoms with Crippen LogP contribution in [-0.4, -0.2) is 4.98 Å². The summed E-state index contributed by atoms with van der Waals surface area (Å²) in [5.74, 6) is -2.41. The van der Waals surface area contributed by atoms with Crippen molar-refractivity contribution in [2.45, 2.75) is 24.4 Å². The summed E-state index contributed by atoms with van der Waals surface area (Å²) < 4.78 is 67.5. The van der Waals surface area contributed by atoms with Crippen LogP contribution in [0.1, 0.15) is 35.1 Å². The third-order valence-electron chi connectivity index (χ3n) is 5.18. The predicted molar refractivity (Wildman–Crippen MR) is 90.7 cm³/mol. The number of rotatable bonds is 2. The standard InChI is InChI=1S/C20H11F5N2O/c21-14-7-13-17(27-9-10(8-26)18(13)28)15(16(14)22)19(5-6-19)11-1-3-12(4-2-11)20(23,24)25/h1-4,7,9H,5-6H2,(H,27,28). The lowest BCUT2D eigenvalue weighted by Crippen LogP contribution is -2.17. The van der Waals surface area contributed by atoms with Gasteiger partial charge in [-0.2, -0.15) is 18.4 Å². The number of hydrogen-bond acceptors (Lipinski definition) is 2. The Morgan fingerprint density at radius 2 is 1.75 bits per heavy atom. The van der Waals surface area contributed by atoms with Crippen LogP contribution in [0.25, 0.3) is 10.9 Å². The van der Waals surface area contributed by atoms with Crippen molar-refractivity contribution >= 4 is 10.9 Å². The molecule has 2 aromatic carbocycles. The highest BCUT2D eigenvalue weighted by atomic mass is 19.4. The average molecular weight is 390 g/mol. The van der Waals surface area contributed by atoms with Gasteiger partial charge in [-0.3, -0.25) is 4.79 Å².